The summed E-state index contributed by atoms with van der Waals surface area (Å²) in [5.74, 6) is 0. The molecule has 0 aliphatic heterocycles. The fourth-order valence-corrected chi connectivity index (χ4v) is 1.43. The molecule has 15 heavy (non-hydrogen) atoms. The lowest BCUT2D eigenvalue weighted by Crippen LogP contribution is -1.98. The summed E-state index contributed by atoms with van der Waals surface area (Å²) in [4.78, 5) is 1.58. The molecule has 2 aromatic rings. The number of aliphatic hydroxyl groups is 1. The van der Waals surface area contributed by atoms with Crippen molar-refractivity contribution in [1.29, 1.82) is 0 Å². The van der Waals surface area contributed by atoms with Crippen molar-refractivity contribution in [2.75, 3.05) is 6.61 Å². The van der Waals surface area contributed by atoms with E-state index in [0.29, 0.717) is 0 Å². The minimum atomic E-state index is 0.239. The lowest BCUT2D eigenvalue weighted by Gasteiger charge is -2.02. The molecule has 2 rings (SSSR count). The lowest BCUT2D eigenvalue weighted by atomic mass is 10.1. The van der Waals surface area contributed by atoms with Gasteiger partial charge in [-0.05, 0) is 30.5 Å². The van der Waals surface area contributed by atoms with Crippen LogP contribution in [-0.2, 0) is 6.42 Å². The number of aliphatic hydroxyl groups excluding tert-OH is 1. The number of aromatic nitrogens is 3. The molecule has 4 heteroatoms. The third-order valence-corrected chi connectivity index (χ3v) is 2.21. The summed E-state index contributed by atoms with van der Waals surface area (Å²) >= 11 is 0. The van der Waals surface area contributed by atoms with Gasteiger partial charge in [-0.1, -0.05) is 12.1 Å². The van der Waals surface area contributed by atoms with Gasteiger partial charge in [-0.15, -0.1) is 0 Å². The van der Waals surface area contributed by atoms with Crippen LogP contribution in [0.4, 0.5) is 0 Å². The molecule has 1 aromatic heterocycles. The SMILES string of the molecule is OCCCc1ccc(-n2nccn2)cc1. The molecular formula is C11H13N3O. The van der Waals surface area contributed by atoms with Gasteiger partial charge in [-0.25, -0.2) is 0 Å². The topological polar surface area (TPSA) is 50.9 Å². The maximum absolute atomic E-state index is 8.71. The molecule has 0 unspecified atom stereocenters. The van der Waals surface area contributed by atoms with E-state index in [-0.39, 0.29) is 6.61 Å². The molecule has 0 fully saturated rings. The van der Waals surface area contributed by atoms with Gasteiger partial charge >= 0.3 is 0 Å². The Labute approximate surface area is 88.2 Å². The fraction of sp³-hybridized carbons (Fsp3) is 0.273. The van der Waals surface area contributed by atoms with E-state index in [0.717, 1.165) is 18.5 Å². The van der Waals surface area contributed by atoms with Crippen molar-refractivity contribution in [2.24, 2.45) is 0 Å². The number of rotatable bonds is 4. The first-order valence-corrected chi connectivity index (χ1v) is 4.96. The van der Waals surface area contributed by atoms with Crippen LogP contribution in [-0.4, -0.2) is 26.7 Å². The Morgan fingerprint density at radius 3 is 2.33 bits per heavy atom. The van der Waals surface area contributed by atoms with Gasteiger partial charge in [0.15, 0.2) is 0 Å². The second-order valence-electron chi connectivity index (χ2n) is 3.31. The molecule has 0 atom stereocenters. The van der Waals surface area contributed by atoms with E-state index in [1.165, 1.54) is 5.56 Å². The summed E-state index contributed by atoms with van der Waals surface area (Å²) in [6.45, 7) is 0.239. The van der Waals surface area contributed by atoms with Crippen molar-refractivity contribution in [1.82, 2.24) is 15.0 Å². The van der Waals surface area contributed by atoms with Crippen molar-refractivity contribution in [3.8, 4) is 5.69 Å². The number of aryl methyl sites for hydroxylation is 1. The van der Waals surface area contributed by atoms with Crippen molar-refractivity contribution >= 4 is 0 Å². The fourth-order valence-electron chi connectivity index (χ4n) is 1.43. The summed E-state index contributed by atoms with van der Waals surface area (Å²) in [6.07, 6.45) is 5.02. The summed E-state index contributed by atoms with van der Waals surface area (Å²) in [5.41, 5.74) is 2.17. The van der Waals surface area contributed by atoms with Crippen LogP contribution in [0.25, 0.3) is 5.69 Å². The number of hydrogen-bond donors (Lipinski definition) is 1. The van der Waals surface area contributed by atoms with E-state index in [1.54, 1.807) is 17.2 Å². The first-order valence-electron chi connectivity index (χ1n) is 4.96. The molecule has 1 N–H and O–H groups in total. The molecule has 0 amide bonds. The van der Waals surface area contributed by atoms with Gasteiger partial charge in [0.25, 0.3) is 0 Å². The van der Waals surface area contributed by atoms with Crippen molar-refractivity contribution in [3.05, 3.63) is 42.2 Å². The molecule has 1 aromatic carbocycles. The molecule has 78 valence electrons. The number of nitrogens with zero attached hydrogens (tertiary/aromatic N) is 3. The van der Waals surface area contributed by atoms with Crippen LogP contribution in [0.15, 0.2) is 36.7 Å². The zero-order valence-corrected chi connectivity index (χ0v) is 8.37. The molecule has 0 bridgehead atoms. The van der Waals surface area contributed by atoms with Crippen LogP contribution >= 0.6 is 0 Å². The van der Waals surface area contributed by atoms with Crippen LogP contribution in [0.5, 0.6) is 0 Å². The molecule has 0 radical (unpaired) electrons. The Balaban J connectivity index is 2.11. The smallest absolute Gasteiger partial charge is 0.0856 e. The third kappa shape index (κ3) is 2.41. The van der Waals surface area contributed by atoms with Gasteiger partial charge in [0, 0.05) is 6.61 Å². The molecule has 0 aliphatic rings. The van der Waals surface area contributed by atoms with Crippen LogP contribution in [0.3, 0.4) is 0 Å². The highest BCUT2D eigenvalue weighted by molar-refractivity contribution is 5.32. The lowest BCUT2D eigenvalue weighted by molar-refractivity contribution is 0.288. The van der Waals surface area contributed by atoms with E-state index in [4.69, 9.17) is 5.11 Å². The normalized spacial score (nSPS) is 10.5. The van der Waals surface area contributed by atoms with E-state index < -0.39 is 0 Å². The summed E-state index contributed by atoms with van der Waals surface area (Å²) < 4.78 is 0. The van der Waals surface area contributed by atoms with Gasteiger partial charge < -0.3 is 5.11 Å². The Bertz CT molecular complexity index is 394. The molecule has 1 heterocycles. The van der Waals surface area contributed by atoms with Gasteiger partial charge in [-0.2, -0.15) is 15.0 Å². The molecule has 0 saturated carbocycles. The van der Waals surface area contributed by atoms with E-state index in [1.807, 2.05) is 24.3 Å². The molecule has 4 nitrogen and oxygen atoms in total. The largest absolute Gasteiger partial charge is 0.396 e. The van der Waals surface area contributed by atoms with E-state index >= 15 is 0 Å². The van der Waals surface area contributed by atoms with Crippen molar-refractivity contribution in [2.45, 2.75) is 12.8 Å². The van der Waals surface area contributed by atoms with Gasteiger partial charge in [0.05, 0.1) is 18.1 Å². The highest BCUT2D eigenvalue weighted by Gasteiger charge is 1.97. The molecule has 0 aliphatic carbocycles. The maximum atomic E-state index is 8.71. The van der Waals surface area contributed by atoms with Gasteiger partial charge in [0.1, 0.15) is 0 Å². The average molecular weight is 203 g/mol. The number of hydrogen-bond acceptors (Lipinski definition) is 3. The highest BCUT2D eigenvalue weighted by atomic mass is 16.2. The Kier molecular flexibility index (Phi) is 3.09. The minimum Gasteiger partial charge on any atom is -0.396 e. The minimum absolute atomic E-state index is 0.239. The second-order valence-corrected chi connectivity index (χ2v) is 3.31. The van der Waals surface area contributed by atoms with E-state index in [2.05, 4.69) is 10.2 Å². The Hall–Kier alpha value is -1.68. The van der Waals surface area contributed by atoms with Crippen LogP contribution in [0.1, 0.15) is 12.0 Å². The quantitative estimate of drug-likeness (QED) is 0.812. The third-order valence-electron chi connectivity index (χ3n) is 2.21. The van der Waals surface area contributed by atoms with Crippen LogP contribution in [0, 0.1) is 0 Å². The summed E-state index contributed by atoms with van der Waals surface area (Å²) in [7, 11) is 0. The zero-order chi connectivity index (χ0) is 10.5. The molecular weight excluding hydrogens is 190 g/mol. The predicted octanol–water partition coefficient (Wildman–Crippen LogP) is 1.19. The predicted molar refractivity (Wildman–Crippen MR) is 56.8 cm³/mol. The van der Waals surface area contributed by atoms with Gasteiger partial charge in [0.2, 0.25) is 0 Å². The summed E-state index contributed by atoms with van der Waals surface area (Å²) in [5, 5.41) is 16.8. The Morgan fingerprint density at radius 1 is 1.07 bits per heavy atom. The maximum Gasteiger partial charge on any atom is 0.0856 e. The zero-order valence-electron chi connectivity index (χ0n) is 8.37. The second kappa shape index (κ2) is 4.70. The average Bonchev–Trinajstić information content (AvgIpc) is 2.80. The first kappa shape index (κ1) is 9.86. The Morgan fingerprint density at radius 2 is 1.73 bits per heavy atom. The monoisotopic (exact) mass is 203 g/mol. The molecule has 0 spiro atoms. The summed E-state index contributed by atoms with van der Waals surface area (Å²) in [6, 6.07) is 8.03. The number of benzene rings is 1. The first-order chi connectivity index (χ1) is 7.40. The van der Waals surface area contributed by atoms with Crippen LogP contribution < -0.4 is 0 Å². The van der Waals surface area contributed by atoms with Gasteiger partial charge in [-0.3, -0.25) is 0 Å². The van der Waals surface area contributed by atoms with Crippen molar-refractivity contribution < 1.29 is 5.11 Å². The standard InChI is InChI=1S/C11H13N3O/c15-9-1-2-10-3-5-11(6-4-10)14-12-7-8-13-14/h3-8,15H,1-2,9H2. The van der Waals surface area contributed by atoms with Crippen molar-refractivity contribution in [3.63, 3.8) is 0 Å². The highest BCUT2D eigenvalue weighted by Crippen LogP contribution is 2.08. The molecule has 0 saturated heterocycles. The van der Waals surface area contributed by atoms with E-state index in [9.17, 15) is 0 Å². The van der Waals surface area contributed by atoms with Crippen LogP contribution in [0.2, 0.25) is 0 Å².